The smallest absolute Gasteiger partial charge is 0.251 e. The van der Waals surface area contributed by atoms with Gasteiger partial charge in [0, 0.05) is 23.2 Å². The van der Waals surface area contributed by atoms with Crippen molar-refractivity contribution in [2.24, 2.45) is 10.7 Å². The van der Waals surface area contributed by atoms with Gasteiger partial charge in [-0.2, -0.15) is 0 Å². The fourth-order valence-corrected chi connectivity index (χ4v) is 1.58. The predicted octanol–water partition coefficient (Wildman–Crippen LogP) is 2.35. The number of benzene rings is 1. The summed E-state index contributed by atoms with van der Waals surface area (Å²) in [5.41, 5.74) is 6.28. The molecular weight excluding hydrogens is 356 g/mol. The zero-order valence-electron chi connectivity index (χ0n) is 12.2. The number of rotatable bonds is 6. The molecule has 1 aromatic carbocycles. The maximum absolute atomic E-state index is 11.8. The highest BCUT2D eigenvalue weighted by Gasteiger charge is 2.04. The second-order valence-corrected chi connectivity index (χ2v) is 4.92. The number of amides is 1. The van der Waals surface area contributed by atoms with Gasteiger partial charge in [-0.25, -0.2) is 0 Å². The largest absolute Gasteiger partial charge is 0.370 e. The van der Waals surface area contributed by atoms with Crippen LogP contribution >= 0.6 is 28.6 Å². The fourth-order valence-electron chi connectivity index (χ4n) is 1.45. The second kappa shape index (κ2) is 10.5. The van der Waals surface area contributed by atoms with E-state index >= 15 is 0 Å². The first-order valence-electron chi connectivity index (χ1n) is 6.63. The quantitative estimate of drug-likeness (QED) is 0.404. The summed E-state index contributed by atoms with van der Waals surface area (Å²) in [4.78, 5) is 15.9. The monoisotopic (exact) mass is 376 g/mol. The van der Waals surface area contributed by atoms with E-state index < -0.39 is 0 Å². The zero-order valence-corrected chi connectivity index (χ0v) is 14.7. The molecule has 0 aliphatic rings. The normalized spacial score (nSPS) is 12.2. The van der Waals surface area contributed by atoms with E-state index in [0.717, 1.165) is 6.42 Å². The molecule has 5 nitrogen and oxygen atoms in total. The van der Waals surface area contributed by atoms with Crippen molar-refractivity contribution in [3.05, 3.63) is 34.9 Å². The molecule has 1 atom stereocenters. The molecule has 0 heterocycles. The van der Waals surface area contributed by atoms with Crippen LogP contribution in [0.15, 0.2) is 29.3 Å². The van der Waals surface area contributed by atoms with Crippen LogP contribution in [-0.4, -0.2) is 31.0 Å². The molecule has 7 heteroatoms. The highest BCUT2D eigenvalue weighted by Crippen LogP contribution is 2.09. The van der Waals surface area contributed by atoms with Crippen LogP contribution in [0, 0.1) is 0 Å². The van der Waals surface area contributed by atoms with Crippen molar-refractivity contribution in [3.63, 3.8) is 0 Å². The Morgan fingerprint density at radius 2 is 2.00 bits per heavy atom. The Hall–Kier alpha value is -1.27. The third kappa shape index (κ3) is 7.92. The van der Waals surface area contributed by atoms with E-state index in [4.69, 9.17) is 17.3 Å². The minimum atomic E-state index is -0.148. The number of guanidine groups is 1. The average molecular weight is 378 g/mol. The molecule has 0 saturated heterocycles. The van der Waals surface area contributed by atoms with Gasteiger partial charge in [0.15, 0.2) is 5.96 Å². The molecule has 0 radical (unpaired) electrons. The number of nitrogens with two attached hydrogens (primary N) is 1. The van der Waals surface area contributed by atoms with E-state index in [1.165, 1.54) is 0 Å². The van der Waals surface area contributed by atoms with Gasteiger partial charge in [-0.15, -0.1) is 17.0 Å². The Bertz CT molecular complexity index is 465. The van der Waals surface area contributed by atoms with Crippen LogP contribution < -0.4 is 16.4 Å². The molecule has 1 rings (SSSR count). The van der Waals surface area contributed by atoms with Gasteiger partial charge in [-0.05, 0) is 37.6 Å². The van der Waals surface area contributed by atoms with Gasteiger partial charge >= 0.3 is 0 Å². The minimum absolute atomic E-state index is 0. The van der Waals surface area contributed by atoms with Crippen LogP contribution in [0.25, 0.3) is 0 Å². The maximum atomic E-state index is 11.8. The molecule has 118 valence electrons. The first-order chi connectivity index (χ1) is 9.52. The first kappa shape index (κ1) is 19.7. The third-order valence-corrected chi connectivity index (χ3v) is 3.04. The van der Waals surface area contributed by atoms with Gasteiger partial charge in [-0.1, -0.05) is 18.5 Å². The van der Waals surface area contributed by atoms with Crippen molar-refractivity contribution in [1.82, 2.24) is 10.6 Å². The number of hydrogen-bond donors (Lipinski definition) is 3. The van der Waals surface area contributed by atoms with E-state index in [2.05, 4.69) is 22.5 Å². The number of halogens is 2. The van der Waals surface area contributed by atoms with Crippen LogP contribution in [0.2, 0.25) is 5.02 Å². The van der Waals surface area contributed by atoms with Crippen LogP contribution in [-0.2, 0) is 0 Å². The van der Waals surface area contributed by atoms with E-state index in [0.29, 0.717) is 35.7 Å². The van der Waals surface area contributed by atoms with Gasteiger partial charge in [0.1, 0.15) is 0 Å². The second-order valence-electron chi connectivity index (χ2n) is 4.48. The third-order valence-electron chi connectivity index (χ3n) is 2.79. The van der Waals surface area contributed by atoms with Crippen molar-refractivity contribution in [1.29, 1.82) is 0 Å². The molecule has 1 aromatic rings. The summed E-state index contributed by atoms with van der Waals surface area (Å²) in [6.45, 7) is 4.97. The first-order valence-corrected chi connectivity index (χ1v) is 7.01. The Morgan fingerprint density at radius 3 is 2.57 bits per heavy atom. The lowest BCUT2D eigenvalue weighted by Crippen LogP contribution is -2.38. The lowest BCUT2D eigenvalue weighted by molar-refractivity contribution is 0.0955. The molecule has 0 saturated carbocycles. The molecule has 0 aromatic heterocycles. The summed E-state index contributed by atoms with van der Waals surface area (Å²) >= 11 is 5.76. The van der Waals surface area contributed by atoms with Crippen molar-refractivity contribution in [2.75, 3.05) is 13.1 Å². The Kier molecular flexibility index (Phi) is 9.82. The minimum Gasteiger partial charge on any atom is -0.370 e. The maximum Gasteiger partial charge on any atom is 0.251 e. The topological polar surface area (TPSA) is 79.5 Å². The van der Waals surface area contributed by atoms with Crippen molar-refractivity contribution in [3.8, 4) is 0 Å². The van der Waals surface area contributed by atoms with E-state index in [9.17, 15) is 4.79 Å². The summed E-state index contributed by atoms with van der Waals surface area (Å²) in [6.07, 6.45) is 0.976. The molecule has 0 bridgehead atoms. The van der Waals surface area contributed by atoms with Gasteiger partial charge in [0.25, 0.3) is 5.91 Å². The molecule has 0 fully saturated rings. The number of nitrogens with zero attached hydrogens (tertiary/aromatic N) is 1. The summed E-state index contributed by atoms with van der Waals surface area (Å²) in [6, 6.07) is 7.02. The molecular formula is C14H22BrClN4O. The van der Waals surface area contributed by atoms with E-state index in [1.54, 1.807) is 24.3 Å². The summed E-state index contributed by atoms with van der Waals surface area (Å²) in [5, 5.41) is 6.43. The van der Waals surface area contributed by atoms with Crippen molar-refractivity contribution >= 4 is 40.4 Å². The molecule has 1 unspecified atom stereocenters. The van der Waals surface area contributed by atoms with Crippen LogP contribution in [0.3, 0.4) is 0 Å². The predicted molar refractivity (Wildman–Crippen MR) is 93.5 cm³/mol. The Morgan fingerprint density at radius 1 is 1.38 bits per heavy atom. The molecule has 4 N–H and O–H groups in total. The Labute approximate surface area is 141 Å². The SMILES string of the molecule is Br.CCC(C)NC(N)=NCCNC(=O)c1ccc(Cl)cc1. The highest BCUT2D eigenvalue weighted by molar-refractivity contribution is 8.93. The number of hydrogen-bond acceptors (Lipinski definition) is 2. The van der Waals surface area contributed by atoms with Crippen molar-refractivity contribution < 1.29 is 4.79 Å². The highest BCUT2D eigenvalue weighted by atomic mass is 79.9. The number of nitrogens with one attached hydrogen (secondary N) is 2. The molecule has 0 spiro atoms. The van der Waals surface area contributed by atoms with Crippen LogP contribution in [0.1, 0.15) is 30.6 Å². The van der Waals surface area contributed by atoms with Crippen molar-refractivity contribution in [2.45, 2.75) is 26.3 Å². The van der Waals surface area contributed by atoms with E-state index in [1.807, 2.05) is 6.92 Å². The lowest BCUT2D eigenvalue weighted by atomic mass is 10.2. The number of carbonyl (C=O) groups is 1. The van der Waals surface area contributed by atoms with Gasteiger partial charge < -0.3 is 16.4 Å². The molecule has 0 aliphatic heterocycles. The van der Waals surface area contributed by atoms with Gasteiger partial charge in [0.05, 0.1) is 6.54 Å². The summed E-state index contributed by atoms with van der Waals surface area (Å²) in [7, 11) is 0. The molecule has 0 aliphatic carbocycles. The summed E-state index contributed by atoms with van der Waals surface area (Å²) < 4.78 is 0. The lowest BCUT2D eigenvalue weighted by Gasteiger charge is -2.11. The zero-order chi connectivity index (χ0) is 15.0. The Balaban J connectivity index is 0.00000400. The van der Waals surface area contributed by atoms with Crippen LogP contribution in [0.4, 0.5) is 0 Å². The number of aliphatic imine (C=N–C) groups is 1. The van der Waals surface area contributed by atoms with Gasteiger partial charge in [-0.3, -0.25) is 9.79 Å². The van der Waals surface area contributed by atoms with Crippen LogP contribution in [0.5, 0.6) is 0 Å². The number of carbonyl (C=O) groups excluding carboxylic acids is 1. The van der Waals surface area contributed by atoms with Gasteiger partial charge in [0.2, 0.25) is 0 Å². The molecule has 1 amide bonds. The standard InChI is InChI=1S/C14H21ClN4O.BrH/c1-3-10(2)19-14(16)18-9-8-17-13(20)11-4-6-12(15)7-5-11;/h4-7,10H,3,8-9H2,1-2H3,(H,17,20)(H3,16,18,19);1H. The molecule has 21 heavy (non-hydrogen) atoms. The average Bonchev–Trinajstić information content (AvgIpc) is 2.44. The van der Waals surface area contributed by atoms with E-state index in [-0.39, 0.29) is 22.9 Å². The fraction of sp³-hybridized carbons (Fsp3) is 0.429. The summed E-state index contributed by atoms with van der Waals surface area (Å²) in [5.74, 6) is 0.255.